The third-order valence-electron chi connectivity index (χ3n) is 4.63. The fraction of sp³-hybridized carbons (Fsp3) is 0.333. The molecule has 3 aromatic rings. The van der Waals surface area contributed by atoms with E-state index in [1.165, 1.54) is 6.26 Å². The zero-order valence-corrected chi connectivity index (χ0v) is 15.4. The summed E-state index contributed by atoms with van der Waals surface area (Å²) in [7, 11) is -3.29. The average Bonchev–Trinajstić information content (AvgIpc) is 3.04. The standard InChI is InChI=1S/C18H21N5O2S/c1-26(24,25)16-7-4-8-19-18(16)23-11-9-22(10-12-23)13-17-20-14-5-2-3-6-15(14)21-17/h2-8H,9-13H2,1H3,(H,20,21). The Morgan fingerprint density at radius 1 is 1.08 bits per heavy atom. The number of nitrogens with one attached hydrogen (secondary N) is 1. The third-order valence-corrected chi connectivity index (χ3v) is 5.75. The molecule has 1 aromatic carbocycles. The van der Waals surface area contributed by atoms with Gasteiger partial charge in [0.25, 0.3) is 0 Å². The zero-order chi connectivity index (χ0) is 18.1. The minimum absolute atomic E-state index is 0.297. The molecule has 136 valence electrons. The molecule has 1 saturated heterocycles. The number of benzene rings is 1. The maximum atomic E-state index is 12.0. The first-order valence-electron chi connectivity index (χ1n) is 8.57. The molecule has 0 radical (unpaired) electrons. The summed E-state index contributed by atoms with van der Waals surface area (Å²) >= 11 is 0. The number of aromatic nitrogens is 3. The number of pyridine rings is 1. The number of H-pyrrole nitrogens is 1. The van der Waals surface area contributed by atoms with Gasteiger partial charge in [0, 0.05) is 38.6 Å². The first-order valence-corrected chi connectivity index (χ1v) is 10.5. The van der Waals surface area contributed by atoms with Crippen molar-refractivity contribution in [1.82, 2.24) is 19.9 Å². The minimum atomic E-state index is -3.29. The van der Waals surface area contributed by atoms with Crippen molar-refractivity contribution in [3.05, 3.63) is 48.4 Å². The number of sulfone groups is 1. The van der Waals surface area contributed by atoms with Crippen molar-refractivity contribution in [3.63, 3.8) is 0 Å². The van der Waals surface area contributed by atoms with Gasteiger partial charge in [-0.15, -0.1) is 0 Å². The maximum absolute atomic E-state index is 12.0. The lowest BCUT2D eigenvalue weighted by Crippen LogP contribution is -2.46. The predicted octanol–water partition coefficient (Wildman–Crippen LogP) is 1.68. The second kappa shape index (κ2) is 6.69. The number of para-hydroxylation sites is 2. The molecule has 0 amide bonds. The van der Waals surface area contributed by atoms with E-state index in [1.807, 2.05) is 29.2 Å². The quantitative estimate of drug-likeness (QED) is 0.751. The summed E-state index contributed by atoms with van der Waals surface area (Å²) < 4.78 is 24.0. The Morgan fingerprint density at radius 3 is 2.58 bits per heavy atom. The average molecular weight is 371 g/mol. The fourth-order valence-electron chi connectivity index (χ4n) is 3.32. The molecule has 1 aliphatic heterocycles. The van der Waals surface area contributed by atoms with Crippen molar-refractivity contribution in [1.29, 1.82) is 0 Å². The fourth-order valence-corrected chi connectivity index (χ4v) is 4.16. The van der Waals surface area contributed by atoms with Gasteiger partial charge in [0.05, 0.1) is 17.6 Å². The predicted molar refractivity (Wildman–Crippen MR) is 101 cm³/mol. The van der Waals surface area contributed by atoms with E-state index in [1.54, 1.807) is 18.3 Å². The molecule has 8 heteroatoms. The van der Waals surface area contributed by atoms with Gasteiger partial charge in [0.1, 0.15) is 16.5 Å². The van der Waals surface area contributed by atoms with E-state index in [4.69, 9.17) is 0 Å². The van der Waals surface area contributed by atoms with Crippen molar-refractivity contribution in [2.75, 3.05) is 37.3 Å². The summed E-state index contributed by atoms with van der Waals surface area (Å²) in [5.74, 6) is 1.51. The van der Waals surface area contributed by atoms with Crippen LogP contribution >= 0.6 is 0 Å². The smallest absolute Gasteiger partial charge is 0.179 e. The number of rotatable bonds is 4. The number of imidazole rings is 1. The lowest BCUT2D eigenvalue weighted by atomic mass is 10.3. The highest BCUT2D eigenvalue weighted by Crippen LogP contribution is 2.23. The van der Waals surface area contributed by atoms with Gasteiger partial charge in [-0.25, -0.2) is 18.4 Å². The molecular formula is C18H21N5O2S. The van der Waals surface area contributed by atoms with Gasteiger partial charge in [-0.05, 0) is 24.3 Å². The largest absolute Gasteiger partial charge is 0.353 e. The van der Waals surface area contributed by atoms with Gasteiger partial charge < -0.3 is 9.88 Å². The molecule has 0 atom stereocenters. The van der Waals surface area contributed by atoms with Crippen LogP contribution in [0.2, 0.25) is 0 Å². The van der Waals surface area contributed by atoms with E-state index in [0.717, 1.165) is 49.6 Å². The Labute approximate surface area is 152 Å². The minimum Gasteiger partial charge on any atom is -0.353 e. The molecule has 7 nitrogen and oxygen atoms in total. The number of piperazine rings is 1. The highest BCUT2D eigenvalue weighted by atomic mass is 32.2. The molecule has 1 aliphatic rings. The normalized spacial score (nSPS) is 16.3. The lowest BCUT2D eigenvalue weighted by Gasteiger charge is -2.35. The number of nitrogens with zero attached hydrogens (tertiary/aromatic N) is 4. The first kappa shape index (κ1) is 17.0. The van der Waals surface area contributed by atoms with Gasteiger partial charge in [-0.1, -0.05) is 12.1 Å². The zero-order valence-electron chi connectivity index (χ0n) is 14.6. The van der Waals surface area contributed by atoms with Crippen LogP contribution < -0.4 is 4.90 Å². The number of anilines is 1. The summed E-state index contributed by atoms with van der Waals surface area (Å²) in [5, 5.41) is 0. The van der Waals surface area contributed by atoms with Crippen molar-refractivity contribution >= 4 is 26.7 Å². The van der Waals surface area contributed by atoms with Crippen LogP contribution in [0.4, 0.5) is 5.82 Å². The molecule has 1 fully saturated rings. The highest BCUT2D eigenvalue weighted by molar-refractivity contribution is 7.90. The Morgan fingerprint density at radius 2 is 1.85 bits per heavy atom. The molecule has 1 N–H and O–H groups in total. The SMILES string of the molecule is CS(=O)(=O)c1cccnc1N1CCN(Cc2nc3ccccc3[nH]2)CC1. The van der Waals surface area contributed by atoms with Crippen LogP contribution in [0.1, 0.15) is 5.82 Å². The second-order valence-electron chi connectivity index (χ2n) is 6.56. The van der Waals surface area contributed by atoms with Crippen LogP contribution in [-0.4, -0.2) is 60.7 Å². The Balaban J connectivity index is 1.45. The van der Waals surface area contributed by atoms with Crippen molar-refractivity contribution in [2.45, 2.75) is 11.4 Å². The van der Waals surface area contributed by atoms with Gasteiger partial charge in [0.15, 0.2) is 9.84 Å². The molecule has 0 saturated carbocycles. The van der Waals surface area contributed by atoms with E-state index in [-0.39, 0.29) is 0 Å². The van der Waals surface area contributed by atoms with Crippen LogP contribution in [0.5, 0.6) is 0 Å². The summed E-state index contributed by atoms with van der Waals surface area (Å²) in [6.45, 7) is 3.89. The van der Waals surface area contributed by atoms with Crippen molar-refractivity contribution < 1.29 is 8.42 Å². The molecule has 26 heavy (non-hydrogen) atoms. The Kier molecular flexibility index (Phi) is 4.37. The highest BCUT2D eigenvalue weighted by Gasteiger charge is 2.24. The van der Waals surface area contributed by atoms with E-state index in [9.17, 15) is 8.42 Å². The van der Waals surface area contributed by atoms with Crippen LogP contribution in [0.15, 0.2) is 47.5 Å². The van der Waals surface area contributed by atoms with E-state index in [2.05, 4.69) is 19.9 Å². The second-order valence-corrected chi connectivity index (χ2v) is 8.55. The lowest BCUT2D eigenvalue weighted by molar-refractivity contribution is 0.244. The summed E-state index contributed by atoms with van der Waals surface area (Å²) in [6.07, 6.45) is 2.87. The summed E-state index contributed by atoms with van der Waals surface area (Å²) in [6, 6.07) is 11.3. The molecular weight excluding hydrogens is 350 g/mol. The molecule has 0 spiro atoms. The molecule has 2 aromatic heterocycles. The Hall–Kier alpha value is -2.45. The number of hydrogen-bond donors (Lipinski definition) is 1. The molecule has 4 rings (SSSR count). The molecule has 0 unspecified atom stereocenters. The molecule has 0 aliphatic carbocycles. The van der Waals surface area contributed by atoms with Crippen LogP contribution in [-0.2, 0) is 16.4 Å². The first-order chi connectivity index (χ1) is 12.5. The number of aromatic amines is 1. The van der Waals surface area contributed by atoms with Gasteiger partial charge in [-0.3, -0.25) is 4.90 Å². The van der Waals surface area contributed by atoms with Gasteiger partial charge in [0.2, 0.25) is 0 Å². The molecule has 0 bridgehead atoms. The monoisotopic (exact) mass is 371 g/mol. The topological polar surface area (TPSA) is 82.2 Å². The van der Waals surface area contributed by atoms with Gasteiger partial charge >= 0.3 is 0 Å². The number of fused-ring (bicyclic) bond motifs is 1. The van der Waals surface area contributed by atoms with E-state index >= 15 is 0 Å². The maximum Gasteiger partial charge on any atom is 0.179 e. The van der Waals surface area contributed by atoms with Crippen molar-refractivity contribution in [3.8, 4) is 0 Å². The van der Waals surface area contributed by atoms with Crippen LogP contribution in [0, 0.1) is 0 Å². The van der Waals surface area contributed by atoms with E-state index in [0.29, 0.717) is 10.7 Å². The Bertz CT molecular complexity index is 990. The van der Waals surface area contributed by atoms with Crippen molar-refractivity contribution in [2.24, 2.45) is 0 Å². The van der Waals surface area contributed by atoms with Crippen LogP contribution in [0.25, 0.3) is 11.0 Å². The number of hydrogen-bond acceptors (Lipinski definition) is 6. The summed E-state index contributed by atoms with van der Waals surface area (Å²) in [5.41, 5.74) is 2.03. The third kappa shape index (κ3) is 3.42. The van der Waals surface area contributed by atoms with Gasteiger partial charge in [-0.2, -0.15) is 0 Å². The molecule has 3 heterocycles. The van der Waals surface area contributed by atoms with Crippen LogP contribution in [0.3, 0.4) is 0 Å². The summed E-state index contributed by atoms with van der Waals surface area (Å²) in [4.78, 5) is 17.0. The van der Waals surface area contributed by atoms with E-state index < -0.39 is 9.84 Å².